The monoisotopic (exact) mass is 417 g/mol. The van der Waals surface area contributed by atoms with E-state index >= 15 is 0 Å². The molecule has 1 aromatic carbocycles. The lowest BCUT2D eigenvalue weighted by Gasteiger charge is -2.36. The molecule has 3 rings (SSSR count). The first kappa shape index (κ1) is 21.3. The molecule has 1 saturated heterocycles. The summed E-state index contributed by atoms with van der Waals surface area (Å²) in [5, 5.41) is 3.03. The van der Waals surface area contributed by atoms with Gasteiger partial charge in [-0.15, -0.1) is 12.4 Å². The van der Waals surface area contributed by atoms with E-state index in [1.807, 2.05) is 0 Å². The summed E-state index contributed by atoms with van der Waals surface area (Å²) < 4.78 is 41.7. The van der Waals surface area contributed by atoms with Crippen LogP contribution >= 0.6 is 12.4 Å². The predicted molar refractivity (Wildman–Crippen MR) is 99.4 cm³/mol. The zero-order valence-electron chi connectivity index (χ0n) is 14.6. The van der Waals surface area contributed by atoms with Crippen molar-refractivity contribution in [2.75, 3.05) is 26.2 Å². The minimum atomic E-state index is -3.87. The lowest BCUT2D eigenvalue weighted by atomic mass is 10.0. The molecule has 0 bridgehead atoms. The third-order valence-corrected chi connectivity index (χ3v) is 5.45. The van der Waals surface area contributed by atoms with Crippen molar-refractivity contribution in [3.63, 3.8) is 0 Å². The van der Waals surface area contributed by atoms with Gasteiger partial charge in [-0.3, -0.25) is 4.79 Å². The van der Waals surface area contributed by atoms with Crippen LogP contribution in [0.3, 0.4) is 0 Å². The third kappa shape index (κ3) is 5.04. The largest absolute Gasteiger partial charge is 0.339 e. The maximum Gasteiger partial charge on any atom is 0.260 e. The van der Waals surface area contributed by atoms with Gasteiger partial charge in [-0.1, -0.05) is 12.1 Å². The number of nitrogens with zero attached hydrogens (tertiary/aromatic N) is 3. The fraction of sp³-hybridized carbons (Fsp3) is 0.375. The van der Waals surface area contributed by atoms with Gasteiger partial charge in [0, 0.05) is 32.9 Å². The summed E-state index contributed by atoms with van der Waals surface area (Å²) >= 11 is 0. The van der Waals surface area contributed by atoms with Gasteiger partial charge >= 0.3 is 0 Å². The molecular weight excluding hydrogens is 397 g/mol. The van der Waals surface area contributed by atoms with Crippen molar-refractivity contribution in [2.45, 2.75) is 11.1 Å². The summed E-state index contributed by atoms with van der Waals surface area (Å²) in [6.07, 6.45) is 2.72. The van der Waals surface area contributed by atoms with E-state index in [2.05, 4.69) is 15.0 Å². The van der Waals surface area contributed by atoms with Gasteiger partial charge in [-0.25, -0.2) is 22.5 Å². The molecule has 0 radical (unpaired) electrons. The molecule has 11 heteroatoms. The van der Waals surface area contributed by atoms with Gasteiger partial charge < -0.3 is 14.8 Å². The van der Waals surface area contributed by atoms with Gasteiger partial charge in [0.25, 0.3) is 10.0 Å². The molecule has 0 aliphatic carbocycles. The molecule has 1 amide bonds. The third-order valence-electron chi connectivity index (χ3n) is 4.17. The Hall–Kier alpha value is -2.01. The van der Waals surface area contributed by atoms with Gasteiger partial charge in [0.2, 0.25) is 5.91 Å². The van der Waals surface area contributed by atoms with Crippen molar-refractivity contribution >= 4 is 28.3 Å². The summed E-state index contributed by atoms with van der Waals surface area (Å²) in [7, 11) is -2.21. The number of carbonyl (C=O) groups excluding carboxylic acids is 1. The van der Waals surface area contributed by atoms with Crippen molar-refractivity contribution in [1.82, 2.24) is 24.5 Å². The van der Waals surface area contributed by atoms with Crippen LogP contribution in [0.25, 0.3) is 0 Å². The molecule has 1 atom stereocenters. The van der Waals surface area contributed by atoms with E-state index in [-0.39, 0.29) is 41.7 Å². The number of aryl methyl sites for hydroxylation is 1. The van der Waals surface area contributed by atoms with Crippen LogP contribution in [0.15, 0.2) is 41.8 Å². The van der Waals surface area contributed by atoms with Crippen LogP contribution in [0.5, 0.6) is 0 Å². The Balaban J connectivity index is 0.00000261. The van der Waals surface area contributed by atoms with E-state index < -0.39 is 10.0 Å². The van der Waals surface area contributed by atoms with Crippen LogP contribution in [-0.4, -0.2) is 55.0 Å². The molecule has 1 unspecified atom stereocenters. The van der Waals surface area contributed by atoms with Crippen LogP contribution in [0.1, 0.15) is 11.6 Å². The highest BCUT2D eigenvalue weighted by Crippen LogP contribution is 2.23. The molecule has 1 aliphatic rings. The average Bonchev–Trinajstić information content (AvgIpc) is 3.07. The zero-order chi connectivity index (χ0) is 18.7. The summed E-state index contributed by atoms with van der Waals surface area (Å²) in [5.41, 5.74) is 0.665. The number of carbonyl (C=O) groups is 1. The molecule has 8 nitrogen and oxygen atoms in total. The number of nitrogens with one attached hydrogen (secondary N) is 2. The maximum atomic E-state index is 13.5. The Morgan fingerprint density at radius 2 is 2.22 bits per heavy atom. The smallest absolute Gasteiger partial charge is 0.260 e. The lowest BCUT2D eigenvalue weighted by Crippen LogP contribution is -2.51. The molecular formula is C16H21ClFN5O3S. The van der Waals surface area contributed by atoms with Gasteiger partial charge in [-0.2, -0.15) is 0 Å². The molecule has 1 aromatic heterocycles. The lowest BCUT2D eigenvalue weighted by molar-refractivity contribution is -0.133. The second-order valence-electron chi connectivity index (χ2n) is 6.06. The topological polar surface area (TPSA) is 96.3 Å². The Labute approximate surface area is 163 Å². The molecule has 148 valence electrons. The number of benzene rings is 1. The van der Waals surface area contributed by atoms with Crippen LogP contribution in [-0.2, 0) is 21.9 Å². The molecule has 1 aliphatic heterocycles. The van der Waals surface area contributed by atoms with Crippen LogP contribution < -0.4 is 10.0 Å². The van der Waals surface area contributed by atoms with E-state index in [4.69, 9.17) is 0 Å². The molecule has 2 N–H and O–H groups in total. The van der Waals surface area contributed by atoms with Crippen LogP contribution in [0.4, 0.5) is 4.39 Å². The highest BCUT2D eigenvalue weighted by molar-refractivity contribution is 7.89. The van der Waals surface area contributed by atoms with Crippen molar-refractivity contribution < 1.29 is 17.6 Å². The SMILES string of the molecule is Cl.Cn1cnc(S(=O)(=O)NCC(=O)N2CCNCC2c2cccc(F)c2)c1. The van der Waals surface area contributed by atoms with E-state index in [1.165, 1.54) is 29.2 Å². The summed E-state index contributed by atoms with van der Waals surface area (Å²) in [6, 6.07) is 5.71. The Morgan fingerprint density at radius 1 is 1.44 bits per heavy atom. The number of hydrogen-bond donors (Lipinski definition) is 2. The van der Waals surface area contributed by atoms with Crippen molar-refractivity contribution in [3.8, 4) is 0 Å². The van der Waals surface area contributed by atoms with Crippen LogP contribution in [0.2, 0.25) is 0 Å². The molecule has 2 aromatic rings. The van der Waals surface area contributed by atoms with Crippen molar-refractivity contribution in [2.24, 2.45) is 7.05 Å². The van der Waals surface area contributed by atoms with Gasteiger partial charge in [0.15, 0.2) is 5.03 Å². The standard InChI is InChI=1S/C16H20FN5O3S.ClH/c1-21-10-15(19-11-21)26(24,25)20-9-16(23)22-6-5-18-8-14(22)12-3-2-4-13(17)7-12;/h2-4,7,10-11,14,18,20H,5-6,8-9H2,1H3;1H. The average molecular weight is 418 g/mol. The summed E-state index contributed by atoms with van der Waals surface area (Å²) in [4.78, 5) is 17.9. The number of hydrogen-bond acceptors (Lipinski definition) is 5. The van der Waals surface area contributed by atoms with Crippen molar-refractivity contribution in [1.29, 1.82) is 0 Å². The van der Waals surface area contributed by atoms with E-state index in [0.29, 0.717) is 25.2 Å². The summed E-state index contributed by atoms with van der Waals surface area (Å²) in [5.74, 6) is -0.753. The summed E-state index contributed by atoms with van der Waals surface area (Å²) in [6.45, 7) is 1.09. The zero-order valence-corrected chi connectivity index (χ0v) is 16.3. The number of sulfonamides is 1. The van der Waals surface area contributed by atoms with E-state index in [0.717, 1.165) is 0 Å². The number of aromatic nitrogens is 2. The molecule has 1 fully saturated rings. The predicted octanol–water partition coefficient (Wildman–Crippen LogP) is 0.432. The first-order valence-electron chi connectivity index (χ1n) is 8.10. The minimum Gasteiger partial charge on any atom is -0.339 e. The highest BCUT2D eigenvalue weighted by Gasteiger charge is 2.29. The first-order valence-corrected chi connectivity index (χ1v) is 9.58. The second kappa shape index (κ2) is 8.79. The quantitative estimate of drug-likeness (QED) is 0.735. The fourth-order valence-electron chi connectivity index (χ4n) is 2.87. The first-order chi connectivity index (χ1) is 12.4. The fourth-order valence-corrected chi connectivity index (χ4v) is 3.83. The highest BCUT2D eigenvalue weighted by atomic mass is 35.5. The number of amides is 1. The Kier molecular flexibility index (Phi) is 6.93. The minimum absolute atomic E-state index is 0. The van der Waals surface area contributed by atoms with E-state index in [1.54, 1.807) is 24.1 Å². The maximum absolute atomic E-state index is 13.5. The van der Waals surface area contributed by atoms with Gasteiger partial charge in [0.05, 0.1) is 18.9 Å². The number of piperazine rings is 1. The number of rotatable bonds is 5. The van der Waals surface area contributed by atoms with Gasteiger partial charge in [0.1, 0.15) is 5.82 Å². The molecule has 27 heavy (non-hydrogen) atoms. The normalized spacial score (nSPS) is 17.4. The van der Waals surface area contributed by atoms with E-state index in [9.17, 15) is 17.6 Å². The molecule has 0 spiro atoms. The second-order valence-corrected chi connectivity index (χ2v) is 7.78. The molecule has 0 saturated carbocycles. The Bertz CT molecular complexity index is 905. The number of halogens is 2. The Morgan fingerprint density at radius 3 is 2.89 bits per heavy atom. The molecule has 2 heterocycles. The van der Waals surface area contributed by atoms with Gasteiger partial charge in [-0.05, 0) is 17.7 Å². The van der Waals surface area contributed by atoms with Crippen molar-refractivity contribution in [3.05, 3.63) is 48.2 Å². The number of imidazole rings is 1. The van der Waals surface area contributed by atoms with Crippen LogP contribution in [0, 0.1) is 5.82 Å².